The maximum atomic E-state index is 13.5. The lowest BCUT2D eigenvalue weighted by Gasteiger charge is -2.08. The molecule has 5 rings (SSSR count). The van der Waals surface area contributed by atoms with E-state index in [-0.39, 0.29) is 22.5 Å². The molecule has 0 radical (unpaired) electrons. The summed E-state index contributed by atoms with van der Waals surface area (Å²) in [6, 6.07) is 9.41. The van der Waals surface area contributed by atoms with Gasteiger partial charge in [-0.25, -0.2) is 9.37 Å². The molecule has 4 aromatic heterocycles. The first-order valence-electron chi connectivity index (χ1n) is 11.1. The molecule has 4 heterocycles. The molecule has 9 nitrogen and oxygen atoms in total. The summed E-state index contributed by atoms with van der Waals surface area (Å²) < 4.78 is 21.3. The van der Waals surface area contributed by atoms with E-state index in [4.69, 9.17) is 21.8 Å². The minimum absolute atomic E-state index is 0.0157. The summed E-state index contributed by atoms with van der Waals surface area (Å²) in [7, 11) is 0. The Hall–Kier alpha value is -4.44. The Labute approximate surface area is 210 Å². The highest BCUT2D eigenvalue weighted by atomic mass is 35.5. The van der Waals surface area contributed by atoms with E-state index in [1.165, 1.54) is 12.1 Å². The summed E-state index contributed by atoms with van der Waals surface area (Å²) in [5, 5.41) is 6.66. The van der Waals surface area contributed by atoms with Gasteiger partial charge in [0.15, 0.2) is 5.58 Å². The van der Waals surface area contributed by atoms with Gasteiger partial charge in [-0.1, -0.05) is 11.6 Å². The number of anilines is 3. The summed E-state index contributed by atoms with van der Waals surface area (Å²) in [6.07, 6.45) is 9.24. The Kier molecular flexibility index (Phi) is 6.50. The number of nitrogens with one attached hydrogen (secondary N) is 2. The van der Waals surface area contributed by atoms with Crippen LogP contribution < -0.4 is 16.4 Å². The summed E-state index contributed by atoms with van der Waals surface area (Å²) in [5.41, 5.74) is 9.03. The monoisotopic (exact) mass is 505 g/mol. The molecular formula is C25H21ClFN7O2. The molecule has 0 aliphatic heterocycles. The molecule has 1 aromatic carbocycles. The molecule has 0 aliphatic rings. The molecule has 36 heavy (non-hydrogen) atoms. The van der Waals surface area contributed by atoms with Crippen molar-refractivity contribution in [1.82, 2.24) is 24.8 Å². The number of benzene rings is 1. The largest absolute Gasteiger partial charge is 0.436 e. The Morgan fingerprint density at radius 2 is 2.00 bits per heavy atom. The summed E-state index contributed by atoms with van der Waals surface area (Å²) in [5.74, 6) is -0.678. The minimum Gasteiger partial charge on any atom is -0.436 e. The number of carbonyl (C=O) groups is 1. The van der Waals surface area contributed by atoms with E-state index < -0.39 is 5.82 Å². The maximum absolute atomic E-state index is 13.5. The number of hydrogen-bond acceptors (Lipinski definition) is 7. The zero-order valence-corrected chi connectivity index (χ0v) is 19.7. The Balaban J connectivity index is 1.37. The van der Waals surface area contributed by atoms with Crippen LogP contribution in [0.3, 0.4) is 0 Å². The van der Waals surface area contributed by atoms with Gasteiger partial charge < -0.3 is 25.4 Å². The molecule has 0 fully saturated rings. The zero-order valence-electron chi connectivity index (χ0n) is 18.9. The number of amides is 1. The second-order valence-corrected chi connectivity index (χ2v) is 8.38. The summed E-state index contributed by atoms with van der Waals surface area (Å²) >= 11 is 5.90. The Morgan fingerprint density at radius 3 is 2.81 bits per heavy atom. The van der Waals surface area contributed by atoms with Gasteiger partial charge in [-0.3, -0.25) is 14.8 Å². The van der Waals surface area contributed by atoms with Crippen molar-refractivity contribution < 1.29 is 13.6 Å². The molecule has 182 valence electrons. The van der Waals surface area contributed by atoms with Crippen LogP contribution in [0.2, 0.25) is 5.02 Å². The van der Waals surface area contributed by atoms with Gasteiger partial charge in [0.1, 0.15) is 22.9 Å². The third kappa shape index (κ3) is 4.84. The molecule has 11 heteroatoms. The van der Waals surface area contributed by atoms with E-state index in [1.54, 1.807) is 49.2 Å². The lowest BCUT2D eigenvalue weighted by Crippen LogP contribution is -2.26. The van der Waals surface area contributed by atoms with Crippen molar-refractivity contribution in [3.05, 3.63) is 84.0 Å². The number of hydrogen-bond donors (Lipinski definition) is 3. The van der Waals surface area contributed by atoms with Crippen LogP contribution in [-0.2, 0) is 6.54 Å². The molecular weight excluding hydrogens is 485 g/mol. The van der Waals surface area contributed by atoms with Gasteiger partial charge in [0.2, 0.25) is 5.88 Å². The molecule has 0 atom stereocenters. The first kappa shape index (κ1) is 23.3. The van der Waals surface area contributed by atoms with E-state index in [2.05, 4.69) is 25.6 Å². The number of pyridine rings is 2. The first-order chi connectivity index (χ1) is 17.5. The number of aromatic nitrogens is 4. The second kappa shape index (κ2) is 10.0. The average molecular weight is 506 g/mol. The molecule has 0 unspecified atom stereocenters. The quantitative estimate of drug-likeness (QED) is 0.253. The summed E-state index contributed by atoms with van der Waals surface area (Å²) in [6.45, 7) is 1.24. The lowest BCUT2D eigenvalue weighted by molar-refractivity contribution is 0.0948. The molecule has 1 amide bonds. The number of aryl methyl sites for hydroxylation is 1. The van der Waals surface area contributed by atoms with Gasteiger partial charge in [0.05, 0.1) is 16.7 Å². The third-order valence-corrected chi connectivity index (χ3v) is 5.81. The van der Waals surface area contributed by atoms with Crippen molar-refractivity contribution in [3.8, 4) is 11.3 Å². The highest BCUT2D eigenvalue weighted by Gasteiger charge is 2.18. The molecule has 0 bridgehead atoms. The minimum atomic E-state index is -0.519. The van der Waals surface area contributed by atoms with Crippen LogP contribution in [0.25, 0.3) is 22.2 Å². The zero-order chi connectivity index (χ0) is 25.1. The molecule has 0 spiro atoms. The predicted molar refractivity (Wildman–Crippen MR) is 136 cm³/mol. The predicted octanol–water partition coefficient (Wildman–Crippen LogP) is 5.02. The molecule has 4 N–H and O–H groups in total. The van der Waals surface area contributed by atoms with Gasteiger partial charge in [-0.2, -0.15) is 0 Å². The number of furan rings is 1. The molecule has 0 saturated heterocycles. The number of halogens is 2. The molecule has 0 saturated carbocycles. The number of nitrogen functional groups attached to an aromatic ring is 1. The van der Waals surface area contributed by atoms with Gasteiger partial charge in [0.25, 0.3) is 5.91 Å². The fourth-order valence-corrected chi connectivity index (χ4v) is 3.95. The SMILES string of the molecule is Nc1oc2c(-c3ccnc(C(=O)NCCCn4ccnc4)c3)nccc2c1Nc1ccc(F)c(Cl)c1. The van der Waals surface area contributed by atoms with Gasteiger partial charge in [-0.15, -0.1) is 0 Å². The van der Waals surface area contributed by atoms with E-state index in [1.807, 2.05) is 10.8 Å². The van der Waals surface area contributed by atoms with Crippen molar-refractivity contribution in [2.75, 3.05) is 17.6 Å². The Morgan fingerprint density at radius 1 is 1.14 bits per heavy atom. The Bertz CT molecular complexity index is 1540. The lowest BCUT2D eigenvalue weighted by atomic mass is 10.1. The van der Waals surface area contributed by atoms with Gasteiger partial charge in [-0.05, 0) is 42.8 Å². The van der Waals surface area contributed by atoms with Gasteiger partial charge >= 0.3 is 0 Å². The van der Waals surface area contributed by atoms with Crippen molar-refractivity contribution in [2.45, 2.75) is 13.0 Å². The third-order valence-electron chi connectivity index (χ3n) is 5.53. The number of rotatable bonds is 8. The fourth-order valence-electron chi connectivity index (χ4n) is 3.77. The summed E-state index contributed by atoms with van der Waals surface area (Å²) in [4.78, 5) is 25.3. The van der Waals surface area contributed by atoms with E-state index in [9.17, 15) is 9.18 Å². The van der Waals surface area contributed by atoms with Crippen molar-refractivity contribution >= 4 is 45.7 Å². The van der Waals surface area contributed by atoms with Crippen LogP contribution in [0, 0.1) is 5.82 Å². The van der Waals surface area contributed by atoms with Crippen LogP contribution in [0.4, 0.5) is 21.6 Å². The van der Waals surface area contributed by atoms with Crippen molar-refractivity contribution in [3.63, 3.8) is 0 Å². The van der Waals surface area contributed by atoms with E-state index in [0.717, 1.165) is 13.0 Å². The topological polar surface area (TPSA) is 124 Å². The standard InChI is InChI=1S/C25H21ClFN7O2/c26-18-13-16(2-3-19(18)27)33-22-17-5-8-31-21(23(17)36-24(22)28)15-4-7-30-20(12-15)25(35)32-6-1-10-34-11-9-29-14-34/h2-5,7-9,11-14,33H,1,6,10,28H2,(H,32,35). The van der Waals surface area contributed by atoms with Crippen molar-refractivity contribution in [1.29, 1.82) is 0 Å². The van der Waals surface area contributed by atoms with Crippen molar-refractivity contribution in [2.24, 2.45) is 0 Å². The van der Waals surface area contributed by atoms with Crippen LogP contribution in [-0.4, -0.2) is 32.0 Å². The van der Waals surface area contributed by atoms with E-state index >= 15 is 0 Å². The number of fused-ring (bicyclic) bond motifs is 1. The average Bonchev–Trinajstić information content (AvgIpc) is 3.52. The van der Waals surface area contributed by atoms with Crippen LogP contribution >= 0.6 is 11.6 Å². The van der Waals surface area contributed by atoms with Crippen LogP contribution in [0.1, 0.15) is 16.9 Å². The van der Waals surface area contributed by atoms with Gasteiger partial charge in [0, 0.05) is 49.1 Å². The smallest absolute Gasteiger partial charge is 0.269 e. The highest BCUT2D eigenvalue weighted by molar-refractivity contribution is 6.31. The maximum Gasteiger partial charge on any atom is 0.269 e. The number of nitrogens with zero attached hydrogens (tertiary/aromatic N) is 4. The number of carbonyl (C=O) groups excluding carboxylic acids is 1. The highest BCUT2D eigenvalue weighted by Crippen LogP contribution is 2.39. The molecule has 5 aromatic rings. The molecule has 0 aliphatic carbocycles. The normalized spacial score (nSPS) is 11.1. The number of imidazole rings is 1. The number of nitrogens with two attached hydrogens (primary N) is 1. The van der Waals surface area contributed by atoms with Crippen LogP contribution in [0.5, 0.6) is 0 Å². The van der Waals surface area contributed by atoms with E-state index in [0.29, 0.717) is 40.1 Å². The second-order valence-electron chi connectivity index (χ2n) is 7.97. The first-order valence-corrected chi connectivity index (χ1v) is 11.5. The fraction of sp³-hybridized carbons (Fsp3) is 0.120. The van der Waals surface area contributed by atoms with Crippen LogP contribution in [0.15, 0.2) is 71.9 Å².